The summed E-state index contributed by atoms with van der Waals surface area (Å²) in [6.07, 6.45) is -5.01. The second-order valence-electron chi connectivity index (χ2n) is 6.59. The highest BCUT2D eigenvalue weighted by molar-refractivity contribution is 7.91. The quantitative estimate of drug-likeness (QED) is 0.513. The number of benzene rings is 1. The van der Waals surface area contributed by atoms with Gasteiger partial charge in [-0.05, 0) is 31.2 Å². The Labute approximate surface area is 177 Å². The van der Waals surface area contributed by atoms with E-state index in [9.17, 15) is 40.7 Å². The average Bonchev–Trinajstić information content (AvgIpc) is 2.66. The van der Waals surface area contributed by atoms with Crippen LogP contribution in [-0.4, -0.2) is 46.9 Å². The molecule has 0 bridgehead atoms. The standard InChI is InChI=1S/C17H13F4N5O5S/c1-16(29,7-32(30,31)8-2-3-9(14(23)27)11(18)4-8)15(28)24-13-5-10(17(19,20)21)12(6-22)25-26-13/h2-5,29H,7H2,1H3,(H2,23,27)(H,24,26,28)/t16-/m0/s1. The molecule has 1 aromatic heterocycles. The lowest BCUT2D eigenvalue weighted by Gasteiger charge is -2.22. The minimum absolute atomic E-state index is 0.284. The predicted molar refractivity (Wildman–Crippen MR) is 98.0 cm³/mol. The lowest BCUT2D eigenvalue weighted by molar-refractivity contribution is -0.138. The van der Waals surface area contributed by atoms with Gasteiger partial charge in [-0.1, -0.05) is 0 Å². The molecule has 0 aliphatic carbocycles. The zero-order valence-electron chi connectivity index (χ0n) is 15.9. The maximum absolute atomic E-state index is 13.9. The molecule has 0 unspecified atom stereocenters. The van der Waals surface area contributed by atoms with E-state index in [1.165, 1.54) is 6.07 Å². The van der Waals surface area contributed by atoms with Crippen molar-refractivity contribution < 1.29 is 40.7 Å². The third-order valence-corrected chi connectivity index (χ3v) is 5.89. The summed E-state index contributed by atoms with van der Waals surface area (Å²) in [6.45, 7) is 0.746. The van der Waals surface area contributed by atoms with Crippen LogP contribution in [0.2, 0.25) is 0 Å². The molecule has 0 spiro atoms. The first kappa shape index (κ1) is 24.6. The van der Waals surface area contributed by atoms with E-state index < -0.39 is 72.5 Å². The number of amides is 2. The molecule has 32 heavy (non-hydrogen) atoms. The van der Waals surface area contributed by atoms with Gasteiger partial charge in [0.25, 0.3) is 11.8 Å². The summed E-state index contributed by atoms with van der Waals surface area (Å²) in [5.74, 6) is -6.00. The second kappa shape index (κ2) is 8.48. The maximum Gasteiger partial charge on any atom is 0.419 e. The molecule has 0 saturated carbocycles. The molecule has 1 aromatic carbocycles. The molecule has 4 N–H and O–H groups in total. The monoisotopic (exact) mass is 475 g/mol. The fourth-order valence-electron chi connectivity index (χ4n) is 2.41. The normalized spacial score (nSPS) is 13.7. The van der Waals surface area contributed by atoms with E-state index in [0.717, 1.165) is 19.1 Å². The number of nitrogens with two attached hydrogens (primary N) is 1. The van der Waals surface area contributed by atoms with E-state index in [1.54, 1.807) is 5.32 Å². The van der Waals surface area contributed by atoms with Crippen molar-refractivity contribution in [3.63, 3.8) is 0 Å². The van der Waals surface area contributed by atoms with E-state index in [2.05, 4.69) is 10.2 Å². The zero-order valence-corrected chi connectivity index (χ0v) is 16.8. The van der Waals surface area contributed by atoms with Gasteiger partial charge in [0.1, 0.15) is 11.9 Å². The number of aliphatic hydroxyl groups is 1. The van der Waals surface area contributed by atoms with Crippen LogP contribution in [0.1, 0.15) is 28.5 Å². The number of hydrogen-bond acceptors (Lipinski definition) is 8. The molecule has 1 atom stereocenters. The van der Waals surface area contributed by atoms with Gasteiger partial charge < -0.3 is 16.2 Å². The van der Waals surface area contributed by atoms with Crippen molar-refractivity contribution in [2.45, 2.75) is 23.6 Å². The number of carbonyl (C=O) groups is 2. The van der Waals surface area contributed by atoms with Crippen molar-refractivity contribution in [2.75, 3.05) is 11.1 Å². The molecule has 0 fully saturated rings. The number of alkyl halides is 3. The third kappa shape index (κ3) is 5.34. The molecule has 1 heterocycles. The van der Waals surface area contributed by atoms with Gasteiger partial charge in [-0.15, -0.1) is 10.2 Å². The molecule has 0 aliphatic heterocycles. The van der Waals surface area contributed by atoms with Crippen LogP contribution < -0.4 is 11.1 Å². The molecular weight excluding hydrogens is 462 g/mol. The van der Waals surface area contributed by atoms with E-state index >= 15 is 0 Å². The number of nitriles is 1. The number of anilines is 1. The average molecular weight is 475 g/mol. The zero-order chi connectivity index (χ0) is 24.5. The number of primary amides is 1. The fourth-order valence-corrected chi connectivity index (χ4v) is 4.01. The Kier molecular flexibility index (Phi) is 6.52. The van der Waals surface area contributed by atoms with Crippen molar-refractivity contribution in [1.82, 2.24) is 10.2 Å². The van der Waals surface area contributed by atoms with Crippen molar-refractivity contribution >= 4 is 27.5 Å². The van der Waals surface area contributed by atoms with Gasteiger partial charge in [0.2, 0.25) is 0 Å². The highest BCUT2D eigenvalue weighted by Crippen LogP contribution is 2.32. The fraction of sp³-hybridized carbons (Fsp3) is 0.235. The van der Waals surface area contributed by atoms with Gasteiger partial charge in [-0.25, -0.2) is 12.8 Å². The van der Waals surface area contributed by atoms with E-state index in [4.69, 9.17) is 11.0 Å². The van der Waals surface area contributed by atoms with E-state index in [0.29, 0.717) is 6.07 Å². The van der Waals surface area contributed by atoms with Crippen LogP contribution in [0.15, 0.2) is 29.2 Å². The Hall–Kier alpha value is -3.64. The number of carbonyl (C=O) groups excluding carboxylic acids is 2. The Morgan fingerprint density at radius 2 is 1.88 bits per heavy atom. The molecule has 15 heteroatoms. The first-order chi connectivity index (χ1) is 14.6. The first-order valence-electron chi connectivity index (χ1n) is 8.29. The van der Waals surface area contributed by atoms with Crippen molar-refractivity contribution in [3.8, 4) is 6.07 Å². The van der Waals surface area contributed by atoms with Crippen molar-refractivity contribution in [2.24, 2.45) is 5.73 Å². The van der Waals surface area contributed by atoms with Crippen molar-refractivity contribution in [3.05, 3.63) is 46.9 Å². The number of aromatic nitrogens is 2. The molecule has 2 aromatic rings. The lowest BCUT2D eigenvalue weighted by atomic mass is 10.1. The smallest absolute Gasteiger partial charge is 0.379 e. The molecule has 0 radical (unpaired) electrons. The summed E-state index contributed by atoms with van der Waals surface area (Å²) in [5.41, 5.74) is -0.958. The van der Waals surface area contributed by atoms with Crippen LogP contribution in [-0.2, 0) is 20.8 Å². The maximum atomic E-state index is 13.9. The summed E-state index contributed by atoms with van der Waals surface area (Å²) in [6, 6.07) is 3.55. The Morgan fingerprint density at radius 1 is 1.25 bits per heavy atom. The SMILES string of the molecule is C[C@](O)(CS(=O)(=O)c1ccc(C(N)=O)c(F)c1)C(=O)Nc1cc(C(F)(F)F)c(C#N)nn1. The highest BCUT2D eigenvalue weighted by atomic mass is 32.2. The first-order valence-corrected chi connectivity index (χ1v) is 9.94. The minimum atomic E-state index is -5.01. The van der Waals surface area contributed by atoms with Gasteiger partial charge in [-0.2, -0.15) is 18.4 Å². The topological polar surface area (TPSA) is 176 Å². The van der Waals surface area contributed by atoms with Gasteiger partial charge in [0.15, 0.2) is 27.0 Å². The van der Waals surface area contributed by atoms with Crippen LogP contribution in [0.4, 0.5) is 23.4 Å². The van der Waals surface area contributed by atoms with Gasteiger partial charge in [0.05, 0.1) is 21.8 Å². The minimum Gasteiger partial charge on any atom is -0.379 e. The van der Waals surface area contributed by atoms with Gasteiger partial charge in [0, 0.05) is 0 Å². The summed E-state index contributed by atoms with van der Waals surface area (Å²) in [7, 11) is -4.52. The molecule has 0 saturated heterocycles. The van der Waals surface area contributed by atoms with Crippen LogP contribution in [0, 0.1) is 17.1 Å². The number of hydrogen-bond donors (Lipinski definition) is 3. The predicted octanol–water partition coefficient (Wildman–Crippen LogP) is 0.768. The molecular formula is C17H13F4N5O5S. The summed E-state index contributed by atoms with van der Waals surface area (Å²) in [5, 5.41) is 27.0. The van der Waals surface area contributed by atoms with Crippen LogP contribution in [0.3, 0.4) is 0 Å². The lowest BCUT2D eigenvalue weighted by Crippen LogP contribution is -2.46. The summed E-state index contributed by atoms with van der Waals surface area (Å²) >= 11 is 0. The van der Waals surface area contributed by atoms with Crippen LogP contribution in [0.25, 0.3) is 0 Å². The third-order valence-electron chi connectivity index (χ3n) is 3.97. The van der Waals surface area contributed by atoms with Gasteiger partial charge >= 0.3 is 6.18 Å². The van der Waals surface area contributed by atoms with Crippen LogP contribution >= 0.6 is 0 Å². The number of nitrogens with one attached hydrogen (secondary N) is 1. The summed E-state index contributed by atoms with van der Waals surface area (Å²) < 4.78 is 77.8. The largest absolute Gasteiger partial charge is 0.419 e. The molecule has 0 aliphatic rings. The molecule has 170 valence electrons. The van der Waals surface area contributed by atoms with E-state index in [-0.39, 0.29) is 6.07 Å². The number of nitrogens with zero attached hydrogens (tertiary/aromatic N) is 3. The van der Waals surface area contributed by atoms with Crippen LogP contribution in [0.5, 0.6) is 0 Å². The molecule has 10 nitrogen and oxygen atoms in total. The number of rotatable bonds is 6. The van der Waals surface area contributed by atoms with Crippen molar-refractivity contribution in [1.29, 1.82) is 5.26 Å². The molecule has 2 rings (SSSR count). The Balaban J connectivity index is 2.29. The number of sulfone groups is 1. The highest BCUT2D eigenvalue weighted by Gasteiger charge is 2.39. The summed E-state index contributed by atoms with van der Waals surface area (Å²) in [4.78, 5) is 22.6. The van der Waals surface area contributed by atoms with E-state index in [1.807, 2.05) is 0 Å². The Bertz CT molecular complexity index is 1240. The number of halogens is 4. The molecule has 2 amide bonds. The van der Waals surface area contributed by atoms with Gasteiger partial charge in [-0.3, -0.25) is 9.59 Å². The Morgan fingerprint density at radius 3 is 2.38 bits per heavy atom. The second-order valence-corrected chi connectivity index (χ2v) is 8.58.